The molecule has 3 aromatic rings. The Morgan fingerprint density at radius 1 is 1.43 bits per heavy atom. The van der Waals surface area contributed by atoms with E-state index in [9.17, 15) is 4.79 Å². The molecule has 1 aliphatic heterocycles. The SMILES string of the molecule is Cc1nc(COc2cc(C(=O)Nc3ccn(C)n3)cc3c2CC(C)(C)O3)cs1. The van der Waals surface area contributed by atoms with Gasteiger partial charge >= 0.3 is 0 Å². The summed E-state index contributed by atoms with van der Waals surface area (Å²) in [4.78, 5) is 17.2. The largest absolute Gasteiger partial charge is 0.487 e. The molecule has 1 N–H and O–H groups in total. The van der Waals surface area contributed by atoms with E-state index in [2.05, 4.69) is 15.4 Å². The molecule has 1 aromatic carbocycles. The van der Waals surface area contributed by atoms with Crippen LogP contribution in [0.4, 0.5) is 5.82 Å². The second kappa shape index (κ2) is 6.94. The Bertz CT molecular complexity index is 1040. The molecular formula is C20H22N4O3S. The van der Waals surface area contributed by atoms with Gasteiger partial charge < -0.3 is 14.8 Å². The number of carbonyl (C=O) groups excluding carboxylic acids is 1. The predicted octanol–water partition coefficient (Wildman–Crippen LogP) is 3.73. The summed E-state index contributed by atoms with van der Waals surface area (Å²) in [6, 6.07) is 5.27. The summed E-state index contributed by atoms with van der Waals surface area (Å²) in [5, 5.41) is 9.97. The highest BCUT2D eigenvalue weighted by Crippen LogP contribution is 2.41. The molecule has 1 amide bonds. The fourth-order valence-electron chi connectivity index (χ4n) is 3.20. The van der Waals surface area contributed by atoms with E-state index in [4.69, 9.17) is 9.47 Å². The number of fused-ring (bicyclic) bond motifs is 1. The molecule has 0 saturated heterocycles. The van der Waals surface area contributed by atoms with Gasteiger partial charge in [0.2, 0.25) is 0 Å². The highest BCUT2D eigenvalue weighted by molar-refractivity contribution is 7.09. The van der Waals surface area contributed by atoms with Gasteiger partial charge in [-0.1, -0.05) is 0 Å². The lowest BCUT2D eigenvalue weighted by molar-refractivity contribution is 0.102. The van der Waals surface area contributed by atoms with Crippen molar-refractivity contribution in [3.63, 3.8) is 0 Å². The Morgan fingerprint density at radius 3 is 2.93 bits per heavy atom. The van der Waals surface area contributed by atoms with Crippen LogP contribution < -0.4 is 14.8 Å². The molecule has 28 heavy (non-hydrogen) atoms. The van der Waals surface area contributed by atoms with Crippen molar-refractivity contribution in [3.8, 4) is 11.5 Å². The van der Waals surface area contributed by atoms with Crippen LogP contribution in [-0.4, -0.2) is 26.3 Å². The first kappa shape index (κ1) is 18.5. The Morgan fingerprint density at radius 2 is 2.25 bits per heavy atom. The van der Waals surface area contributed by atoms with Crippen molar-refractivity contribution < 1.29 is 14.3 Å². The molecule has 0 spiro atoms. The van der Waals surface area contributed by atoms with Crippen molar-refractivity contribution >= 4 is 23.1 Å². The number of carbonyl (C=O) groups is 1. The van der Waals surface area contributed by atoms with Gasteiger partial charge in [0.15, 0.2) is 5.82 Å². The van der Waals surface area contributed by atoms with Crippen LogP contribution in [0, 0.1) is 6.92 Å². The summed E-state index contributed by atoms with van der Waals surface area (Å²) in [5.74, 6) is 1.57. The second-order valence-electron chi connectivity index (χ2n) is 7.46. The number of rotatable bonds is 5. The van der Waals surface area contributed by atoms with Gasteiger partial charge in [0.05, 0.1) is 10.7 Å². The van der Waals surface area contributed by atoms with E-state index in [0.29, 0.717) is 29.5 Å². The number of anilines is 1. The number of hydrogen-bond donors (Lipinski definition) is 1. The van der Waals surface area contributed by atoms with Gasteiger partial charge in [0.25, 0.3) is 5.91 Å². The topological polar surface area (TPSA) is 78.3 Å². The first-order chi connectivity index (χ1) is 13.3. The normalized spacial score (nSPS) is 14.4. The number of ether oxygens (including phenoxy) is 2. The molecule has 0 fully saturated rings. The molecule has 0 radical (unpaired) electrons. The molecular weight excluding hydrogens is 376 g/mol. The molecule has 0 unspecified atom stereocenters. The van der Waals surface area contributed by atoms with E-state index in [1.807, 2.05) is 26.2 Å². The molecule has 0 aliphatic carbocycles. The van der Waals surface area contributed by atoms with Crippen molar-refractivity contribution in [2.75, 3.05) is 5.32 Å². The lowest BCUT2D eigenvalue weighted by Gasteiger charge is -2.16. The Kier molecular flexibility index (Phi) is 4.58. The van der Waals surface area contributed by atoms with Crippen LogP contribution >= 0.6 is 11.3 Å². The fraction of sp³-hybridized carbons (Fsp3) is 0.350. The lowest BCUT2D eigenvalue weighted by atomic mass is 9.99. The number of amides is 1. The van der Waals surface area contributed by atoms with Gasteiger partial charge in [0, 0.05) is 42.2 Å². The molecule has 1 aliphatic rings. The maximum atomic E-state index is 12.7. The summed E-state index contributed by atoms with van der Waals surface area (Å²) in [5.41, 5.74) is 1.98. The Balaban J connectivity index is 1.61. The van der Waals surface area contributed by atoms with Crippen molar-refractivity contribution in [2.24, 2.45) is 7.05 Å². The quantitative estimate of drug-likeness (QED) is 0.709. The third kappa shape index (κ3) is 3.87. The average molecular weight is 398 g/mol. The first-order valence-electron chi connectivity index (χ1n) is 9.00. The molecule has 7 nitrogen and oxygen atoms in total. The smallest absolute Gasteiger partial charge is 0.257 e. The van der Waals surface area contributed by atoms with E-state index in [1.54, 1.807) is 47.5 Å². The highest BCUT2D eigenvalue weighted by atomic mass is 32.1. The molecule has 0 saturated carbocycles. The summed E-state index contributed by atoms with van der Waals surface area (Å²) in [6.45, 7) is 6.36. The van der Waals surface area contributed by atoms with Crippen molar-refractivity contribution in [1.82, 2.24) is 14.8 Å². The van der Waals surface area contributed by atoms with Crippen molar-refractivity contribution in [1.29, 1.82) is 0 Å². The summed E-state index contributed by atoms with van der Waals surface area (Å²) < 4.78 is 13.7. The fourth-order valence-corrected chi connectivity index (χ4v) is 3.80. The molecule has 3 heterocycles. The highest BCUT2D eigenvalue weighted by Gasteiger charge is 2.33. The molecule has 0 bridgehead atoms. The predicted molar refractivity (Wildman–Crippen MR) is 107 cm³/mol. The van der Waals surface area contributed by atoms with Crippen LogP contribution in [-0.2, 0) is 20.1 Å². The standard InChI is InChI=1S/C20H22N4O3S/c1-12-21-14(11-28-12)10-26-16-7-13(8-17-15(16)9-20(2,3)27-17)19(25)22-18-5-6-24(4)23-18/h5-8,11H,9-10H2,1-4H3,(H,22,23,25). The number of nitrogens with one attached hydrogen (secondary N) is 1. The number of thiazole rings is 1. The maximum absolute atomic E-state index is 12.7. The third-order valence-corrected chi connectivity index (χ3v) is 5.24. The monoisotopic (exact) mass is 398 g/mol. The number of aryl methyl sites for hydroxylation is 2. The van der Waals surface area contributed by atoms with Gasteiger partial charge in [0.1, 0.15) is 23.7 Å². The Hall–Kier alpha value is -2.87. The summed E-state index contributed by atoms with van der Waals surface area (Å²) in [6.07, 6.45) is 2.49. The zero-order valence-corrected chi connectivity index (χ0v) is 17.1. The van der Waals surface area contributed by atoms with E-state index in [-0.39, 0.29) is 11.5 Å². The van der Waals surface area contributed by atoms with Gasteiger partial charge in [-0.2, -0.15) is 5.10 Å². The van der Waals surface area contributed by atoms with Gasteiger partial charge in [-0.25, -0.2) is 4.98 Å². The van der Waals surface area contributed by atoms with Crippen molar-refractivity contribution in [2.45, 2.75) is 39.4 Å². The van der Waals surface area contributed by atoms with Crippen LogP contribution in [0.15, 0.2) is 29.8 Å². The first-order valence-corrected chi connectivity index (χ1v) is 9.88. The van der Waals surface area contributed by atoms with E-state index in [0.717, 1.165) is 22.7 Å². The van der Waals surface area contributed by atoms with E-state index >= 15 is 0 Å². The van der Waals surface area contributed by atoms with Crippen LogP contribution in [0.25, 0.3) is 0 Å². The zero-order valence-electron chi connectivity index (χ0n) is 16.3. The lowest BCUT2D eigenvalue weighted by Crippen LogP contribution is -2.24. The number of nitrogens with zero attached hydrogens (tertiary/aromatic N) is 3. The number of aromatic nitrogens is 3. The van der Waals surface area contributed by atoms with Gasteiger partial charge in [-0.3, -0.25) is 9.48 Å². The third-order valence-electron chi connectivity index (χ3n) is 4.42. The minimum absolute atomic E-state index is 0.260. The molecule has 2 aromatic heterocycles. The van der Waals surface area contributed by atoms with E-state index in [1.165, 1.54) is 0 Å². The van der Waals surface area contributed by atoms with Crippen LogP contribution in [0.2, 0.25) is 0 Å². The minimum atomic E-state index is -0.340. The summed E-state index contributed by atoms with van der Waals surface area (Å²) in [7, 11) is 1.80. The Labute approximate surface area is 167 Å². The van der Waals surface area contributed by atoms with E-state index < -0.39 is 0 Å². The number of hydrogen-bond acceptors (Lipinski definition) is 6. The number of benzene rings is 1. The molecule has 8 heteroatoms. The van der Waals surface area contributed by atoms with Crippen LogP contribution in [0.5, 0.6) is 11.5 Å². The molecule has 4 rings (SSSR count). The van der Waals surface area contributed by atoms with Gasteiger partial charge in [-0.05, 0) is 32.9 Å². The second-order valence-corrected chi connectivity index (χ2v) is 8.53. The average Bonchev–Trinajstić information content (AvgIpc) is 3.30. The zero-order chi connectivity index (χ0) is 19.9. The minimum Gasteiger partial charge on any atom is -0.487 e. The van der Waals surface area contributed by atoms with Crippen molar-refractivity contribution in [3.05, 3.63) is 51.6 Å². The van der Waals surface area contributed by atoms with Crippen LogP contribution in [0.1, 0.15) is 40.5 Å². The molecule has 0 atom stereocenters. The molecule has 146 valence electrons. The van der Waals surface area contributed by atoms with Gasteiger partial charge in [-0.15, -0.1) is 11.3 Å². The maximum Gasteiger partial charge on any atom is 0.257 e. The van der Waals surface area contributed by atoms with Crippen LogP contribution in [0.3, 0.4) is 0 Å². The summed E-state index contributed by atoms with van der Waals surface area (Å²) >= 11 is 1.59.